The number of thiophene rings is 1. The summed E-state index contributed by atoms with van der Waals surface area (Å²) >= 11 is 5.34. The van der Waals surface area contributed by atoms with Gasteiger partial charge in [-0.25, -0.2) is 4.68 Å². The smallest absolute Gasteiger partial charge is 0.143 e. The third-order valence-electron chi connectivity index (χ3n) is 3.18. The zero-order chi connectivity index (χ0) is 14.8. The molecule has 0 fully saturated rings. The fourth-order valence-electron chi connectivity index (χ4n) is 2.03. The van der Waals surface area contributed by atoms with Gasteiger partial charge in [0.15, 0.2) is 0 Å². The topological polar surface area (TPSA) is 55.6 Å². The molecule has 5 nitrogen and oxygen atoms in total. The van der Waals surface area contributed by atoms with Gasteiger partial charge >= 0.3 is 0 Å². The molecule has 0 atom stereocenters. The Hall–Kier alpha value is -1.73. The lowest BCUT2D eigenvalue weighted by molar-refractivity contribution is 0.785. The van der Waals surface area contributed by atoms with E-state index >= 15 is 0 Å². The number of tetrazole rings is 1. The molecular weight excluding hydrogens is 350 g/mol. The maximum absolute atomic E-state index is 3.95. The van der Waals surface area contributed by atoms with Crippen LogP contribution < -0.4 is 5.32 Å². The van der Waals surface area contributed by atoms with Crippen molar-refractivity contribution in [2.75, 3.05) is 5.32 Å². The van der Waals surface area contributed by atoms with Crippen LogP contribution in [0.25, 0.3) is 5.69 Å². The minimum atomic E-state index is 0.801. The number of hydrogen-bond acceptors (Lipinski definition) is 5. The Morgan fingerprint density at radius 2 is 2.14 bits per heavy atom. The van der Waals surface area contributed by atoms with Crippen LogP contribution >= 0.6 is 27.3 Å². The second-order valence-corrected chi connectivity index (χ2v) is 6.92. The van der Waals surface area contributed by atoms with Crippen LogP contribution in [0.15, 0.2) is 35.1 Å². The highest BCUT2D eigenvalue weighted by Gasteiger charge is 2.06. The van der Waals surface area contributed by atoms with Gasteiger partial charge in [0, 0.05) is 26.5 Å². The monoisotopic (exact) mass is 363 g/mol. The normalized spacial score (nSPS) is 10.8. The number of rotatable bonds is 4. The van der Waals surface area contributed by atoms with E-state index in [2.05, 4.69) is 68.0 Å². The molecule has 0 saturated heterocycles. The Bertz CT molecular complexity index is 731. The van der Waals surface area contributed by atoms with Crippen molar-refractivity contribution in [2.24, 2.45) is 0 Å². The molecule has 3 aromatic rings. The van der Waals surface area contributed by atoms with Crippen LogP contribution in [0.2, 0.25) is 0 Å². The molecular formula is C14H14BrN5S. The minimum absolute atomic E-state index is 0.801. The molecule has 2 heterocycles. The van der Waals surface area contributed by atoms with Gasteiger partial charge in [-0.2, -0.15) is 0 Å². The van der Waals surface area contributed by atoms with E-state index in [4.69, 9.17) is 0 Å². The van der Waals surface area contributed by atoms with E-state index in [-0.39, 0.29) is 0 Å². The highest BCUT2D eigenvalue weighted by molar-refractivity contribution is 9.10. The van der Waals surface area contributed by atoms with Crippen LogP contribution in [0.3, 0.4) is 0 Å². The lowest BCUT2D eigenvalue weighted by Gasteiger charge is -2.09. The van der Waals surface area contributed by atoms with Gasteiger partial charge in [-0.05, 0) is 64.0 Å². The molecule has 108 valence electrons. The summed E-state index contributed by atoms with van der Waals surface area (Å²) in [6.07, 6.45) is 1.60. The van der Waals surface area contributed by atoms with E-state index in [0.717, 1.165) is 23.5 Å². The van der Waals surface area contributed by atoms with Gasteiger partial charge in [0.1, 0.15) is 6.33 Å². The van der Waals surface area contributed by atoms with Crippen molar-refractivity contribution in [3.8, 4) is 5.69 Å². The standard InChI is InChI=1S/C14H14BrN5S/c1-9-3-4-11(5-14(9)20-8-17-18-19-20)16-7-12-6-13(15)10(2)21-12/h3-6,8,16H,7H2,1-2H3. The summed E-state index contributed by atoms with van der Waals surface area (Å²) in [4.78, 5) is 2.59. The van der Waals surface area contributed by atoms with Crippen molar-refractivity contribution in [3.05, 3.63) is 50.4 Å². The molecule has 21 heavy (non-hydrogen) atoms. The van der Waals surface area contributed by atoms with Gasteiger partial charge in [0.2, 0.25) is 0 Å². The summed E-state index contributed by atoms with van der Waals surface area (Å²) in [7, 11) is 0. The van der Waals surface area contributed by atoms with E-state index in [1.54, 1.807) is 22.3 Å². The van der Waals surface area contributed by atoms with E-state index in [9.17, 15) is 0 Å². The summed E-state index contributed by atoms with van der Waals surface area (Å²) in [6, 6.07) is 8.35. The molecule has 1 aromatic carbocycles. The van der Waals surface area contributed by atoms with Crippen molar-refractivity contribution in [3.63, 3.8) is 0 Å². The first-order chi connectivity index (χ1) is 10.1. The van der Waals surface area contributed by atoms with Crippen LogP contribution in [0.1, 0.15) is 15.3 Å². The van der Waals surface area contributed by atoms with Crippen LogP contribution in [0, 0.1) is 13.8 Å². The van der Waals surface area contributed by atoms with Crippen molar-refractivity contribution < 1.29 is 0 Å². The maximum atomic E-state index is 3.95. The van der Waals surface area contributed by atoms with Gasteiger partial charge in [-0.3, -0.25) is 0 Å². The zero-order valence-corrected chi connectivity index (χ0v) is 14.1. The predicted molar refractivity (Wildman–Crippen MR) is 88.0 cm³/mol. The molecule has 0 spiro atoms. The molecule has 1 N–H and O–H groups in total. The van der Waals surface area contributed by atoms with E-state index < -0.39 is 0 Å². The van der Waals surface area contributed by atoms with Gasteiger partial charge in [-0.15, -0.1) is 16.4 Å². The number of benzene rings is 1. The summed E-state index contributed by atoms with van der Waals surface area (Å²) in [6.45, 7) is 4.95. The van der Waals surface area contributed by atoms with Gasteiger partial charge in [0.25, 0.3) is 0 Å². The van der Waals surface area contributed by atoms with Gasteiger partial charge < -0.3 is 5.32 Å². The lowest BCUT2D eigenvalue weighted by Crippen LogP contribution is -2.02. The Morgan fingerprint density at radius 3 is 2.81 bits per heavy atom. The average molecular weight is 364 g/mol. The maximum Gasteiger partial charge on any atom is 0.143 e. The number of aryl methyl sites for hydroxylation is 2. The Labute approximate surface area is 135 Å². The fraction of sp³-hybridized carbons (Fsp3) is 0.214. The van der Waals surface area contributed by atoms with Crippen LogP contribution in [-0.2, 0) is 6.54 Å². The molecule has 0 aliphatic heterocycles. The molecule has 0 bridgehead atoms. The first-order valence-corrected chi connectivity index (χ1v) is 8.07. The molecule has 0 aliphatic rings. The third-order valence-corrected chi connectivity index (χ3v) is 5.32. The number of nitrogens with one attached hydrogen (secondary N) is 1. The largest absolute Gasteiger partial charge is 0.380 e. The second-order valence-electron chi connectivity index (χ2n) is 4.73. The Morgan fingerprint density at radius 1 is 1.29 bits per heavy atom. The van der Waals surface area contributed by atoms with Gasteiger partial charge in [-0.1, -0.05) is 6.07 Å². The highest BCUT2D eigenvalue weighted by atomic mass is 79.9. The summed E-state index contributed by atoms with van der Waals surface area (Å²) < 4.78 is 2.84. The zero-order valence-electron chi connectivity index (χ0n) is 11.7. The Kier molecular flexibility index (Phi) is 4.03. The number of halogens is 1. The molecule has 0 unspecified atom stereocenters. The Balaban J connectivity index is 1.78. The molecule has 2 aromatic heterocycles. The second kappa shape index (κ2) is 5.95. The van der Waals surface area contributed by atoms with Crippen molar-refractivity contribution in [1.29, 1.82) is 0 Å². The molecule has 0 aliphatic carbocycles. The summed E-state index contributed by atoms with van der Waals surface area (Å²) in [5.41, 5.74) is 3.16. The van der Waals surface area contributed by atoms with Gasteiger partial charge in [0.05, 0.1) is 5.69 Å². The minimum Gasteiger partial charge on any atom is -0.380 e. The van der Waals surface area contributed by atoms with E-state index in [0.29, 0.717) is 0 Å². The third kappa shape index (κ3) is 3.14. The van der Waals surface area contributed by atoms with Crippen molar-refractivity contribution >= 4 is 33.0 Å². The number of nitrogens with zero attached hydrogens (tertiary/aromatic N) is 4. The molecule has 0 saturated carbocycles. The molecule has 0 amide bonds. The van der Waals surface area contributed by atoms with Crippen LogP contribution in [0.5, 0.6) is 0 Å². The number of anilines is 1. The predicted octanol–water partition coefficient (Wildman–Crippen LogP) is 3.72. The summed E-state index contributed by atoms with van der Waals surface area (Å²) in [5.74, 6) is 0. The summed E-state index contributed by atoms with van der Waals surface area (Å²) in [5, 5.41) is 14.8. The van der Waals surface area contributed by atoms with E-state index in [1.165, 1.54) is 14.2 Å². The number of aromatic nitrogens is 4. The van der Waals surface area contributed by atoms with E-state index in [1.807, 2.05) is 6.92 Å². The SMILES string of the molecule is Cc1ccc(NCc2cc(Br)c(C)s2)cc1-n1cnnn1. The molecule has 0 radical (unpaired) electrons. The lowest BCUT2D eigenvalue weighted by atomic mass is 10.2. The first kappa shape index (κ1) is 14.2. The number of hydrogen-bond donors (Lipinski definition) is 1. The molecule has 7 heteroatoms. The average Bonchev–Trinajstić information content (AvgIpc) is 3.09. The fourth-order valence-corrected chi connectivity index (χ4v) is 3.57. The quantitative estimate of drug-likeness (QED) is 0.767. The van der Waals surface area contributed by atoms with Crippen molar-refractivity contribution in [2.45, 2.75) is 20.4 Å². The highest BCUT2D eigenvalue weighted by Crippen LogP contribution is 2.27. The first-order valence-electron chi connectivity index (χ1n) is 6.46. The van der Waals surface area contributed by atoms with Crippen LogP contribution in [0.4, 0.5) is 5.69 Å². The molecule has 3 rings (SSSR count). The van der Waals surface area contributed by atoms with Crippen molar-refractivity contribution in [1.82, 2.24) is 20.2 Å². The van der Waals surface area contributed by atoms with Crippen LogP contribution in [-0.4, -0.2) is 20.2 Å².